The number of carbonyl (C=O) groups excluding carboxylic acids is 3. The highest BCUT2D eigenvalue weighted by Crippen LogP contribution is 2.16. The summed E-state index contributed by atoms with van der Waals surface area (Å²) in [5, 5.41) is 2.25. The normalized spacial score (nSPS) is 20.6. The van der Waals surface area contributed by atoms with Crippen LogP contribution in [0.5, 0.6) is 0 Å². The van der Waals surface area contributed by atoms with Crippen LogP contribution in [0.4, 0.5) is 4.79 Å². The summed E-state index contributed by atoms with van der Waals surface area (Å²) in [6.07, 6.45) is 1.94. The number of urea groups is 1. The van der Waals surface area contributed by atoms with Crippen LogP contribution in [0.3, 0.4) is 0 Å². The third-order valence-electron chi connectivity index (χ3n) is 2.92. The first-order chi connectivity index (χ1) is 8.47. The van der Waals surface area contributed by atoms with Crippen molar-refractivity contribution < 1.29 is 14.4 Å². The van der Waals surface area contributed by atoms with Gasteiger partial charge in [-0.1, -0.05) is 13.3 Å². The number of nitrogens with one attached hydrogen (secondary N) is 1. The number of barbiturate groups is 1. The van der Waals surface area contributed by atoms with Gasteiger partial charge >= 0.3 is 6.03 Å². The third kappa shape index (κ3) is 3.53. The monoisotopic (exact) mass is 255 g/mol. The molecular weight excluding hydrogens is 234 g/mol. The summed E-state index contributed by atoms with van der Waals surface area (Å²) >= 11 is 0. The molecule has 1 N–H and O–H groups in total. The first-order valence-electron chi connectivity index (χ1n) is 6.28. The molecule has 4 amide bonds. The van der Waals surface area contributed by atoms with Gasteiger partial charge in [-0.2, -0.15) is 0 Å². The van der Waals surface area contributed by atoms with Crippen molar-refractivity contribution in [3.05, 3.63) is 0 Å². The van der Waals surface area contributed by atoms with Gasteiger partial charge in [-0.15, -0.1) is 0 Å². The van der Waals surface area contributed by atoms with E-state index in [0.717, 1.165) is 17.9 Å². The Bertz CT molecular complexity index is 341. The molecule has 102 valence electrons. The molecule has 1 rings (SSSR count). The van der Waals surface area contributed by atoms with E-state index in [1.54, 1.807) is 0 Å². The third-order valence-corrected chi connectivity index (χ3v) is 2.92. The first kappa shape index (κ1) is 14.6. The van der Waals surface area contributed by atoms with Crippen molar-refractivity contribution in [3.63, 3.8) is 0 Å². The number of hydrogen-bond donors (Lipinski definition) is 1. The number of amides is 4. The summed E-state index contributed by atoms with van der Waals surface area (Å²) in [4.78, 5) is 38.3. The maximum atomic E-state index is 12.0. The van der Waals surface area contributed by atoms with Crippen LogP contribution in [0.25, 0.3) is 0 Å². The minimum atomic E-state index is -0.702. The number of rotatable bonds is 6. The van der Waals surface area contributed by atoms with E-state index >= 15 is 0 Å². The van der Waals surface area contributed by atoms with E-state index in [1.807, 2.05) is 25.9 Å². The van der Waals surface area contributed by atoms with Gasteiger partial charge in [0, 0.05) is 6.54 Å². The van der Waals surface area contributed by atoms with Crippen molar-refractivity contribution in [1.82, 2.24) is 15.1 Å². The predicted molar refractivity (Wildman–Crippen MR) is 66.8 cm³/mol. The van der Waals surface area contributed by atoms with Crippen LogP contribution < -0.4 is 5.32 Å². The summed E-state index contributed by atoms with van der Waals surface area (Å²) in [5.41, 5.74) is 0. The maximum Gasteiger partial charge on any atom is 0.330 e. The molecule has 0 spiro atoms. The number of hydrogen-bond acceptors (Lipinski definition) is 4. The van der Waals surface area contributed by atoms with Gasteiger partial charge in [-0.25, -0.2) is 4.79 Å². The summed E-state index contributed by atoms with van der Waals surface area (Å²) in [7, 11) is 3.86. The van der Waals surface area contributed by atoms with E-state index in [2.05, 4.69) is 5.32 Å². The quantitative estimate of drug-likeness (QED) is 0.699. The lowest BCUT2D eigenvalue weighted by Gasteiger charge is -2.30. The van der Waals surface area contributed by atoms with Crippen molar-refractivity contribution in [1.29, 1.82) is 0 Å². The first-order valence-corrected chi connectivity index (χ1v) is 6.28. The Balaban J connectivity index is 2.62. The Hall–Kier alpha value is -1.43. The highest BCUT2D eigenvalue weighted by Gasteiger charge is 2.39. The van der Waals surface area contributed by atoms with E-state index in [4.69, 9.17) is 0 Å². The molecule has 0 aromatic heterocycles. The average Bonchev–Trinajstić information content (AvgIpc) is 2.28. The highest BCUT2D eigenvalue weighted by molar-refractivity contribution is 6.16. The molecule has 1 aliphatic rings. The van der Waals surface area contributed by atoms with E-state index in [1.165, 1.54) is 0 Å². The molecule has 1 atom stereocenters. The smallest absolute Gasteiger partial charge is 0.309 e. The summed E-state index contributed by atoms with van der Waals surface area (Å²) in [6, 6.07) is -0.587. The Morgan fingerprint density at radius 3 is 2.50 bits per heavy atom. The topological polar surface area (TPSA) is 69.7 Å². The highest BCUT2D eigenvalue weighted by atomic mass is 16.2. The lowest BCUT2D eigenvalue weighted by Crippen LogP contribution is -2.58. The van der Waals surface area contributed by atoms with E-state index < -0.39 is 17.9 Å². The van der Waals surface area contributed by atoms with Crippen LogP contribution >= 0.6 is 0 Å². The molecule has 0 aliphatic carbocycles. The van der Waals surface area contributed by atoms with Crippen molar-refractivity contribution in [2.75, 3.05) is 27.2 Å². The van der Waals surface area contributed by atoms with Crippen molar-refractivity contribution in [3.8, 4) is 0 Å². The molecule has 6 nitrogen and oxygen atoms in total. The summed E-state index contributed by atoms with van der Waals surface area (Å²) < 4.78 is 0. The van der Waals surface area contributed by atoms with Crippen LogP contribution in [-0.2, 0) is 9.59 Å². The van der Waals surface area contributed by atoms with Gasteiger partial charge in [0.1, 0.15) is 5.92 Å². The zero-order valence-electron chi connectivity index (χ0n) is 11.2. The second kappa shape index (κ2) is 6.49. The standard InChI is InChI=1S/C12H21N3O3/c1-4-6-9-10(16)13-12(18)15(11(9)17)8-5-7-14(2)3/h9H,4-8H2,1-3H3,(H,13,16,18). The average molecular weight is 255 g/mol. The molecule has 0 bridgehead atoms. The molecule has 1 saturated heterocycles. The van der Waals surface area contributed by atoms with E-state index in [9.17, 15) is 14.4 Å². The van der Waals surface area contributed by atoms with Crippen LogP contribution in [-0.4, -0.2) is 54.8 Å². The van der Waals surface area contributed by atoms with Gasteiger partial charge in [0.2, 0.25) is 11.8 Å². The van der Waals surface area contributed by atoms with Gasteiger partial charge in [0.05, 0.1) is 0 Å². The fourth-order valence-electron chi connectivity index (χ4n) is 1.96. The Morgan fingerprint density at radius 1 is 1.28 bits per heavy atom. The van der Waals surface area contributed by atoms with E-state index in [0.29, 0.717) is 19.4 Å². The van der Waals surface area contributed by atoms with Crippen LogP contribution in [0.1, 0.15) is 26.2 Å². The van der Waals surface area contributed by atoms with Crippen LogP contribution in [0, 0.1) is 5.92 Å². The number of imide groups is 2. The van der Waals surface area contributed by atoms with Crippen molar-refractivity contribution >= 4 is 17.8 Å². The Kier molecular flexibility index (Phi) is 5.27. The minimum Gasteiger partial charge on any atom is -0.309 e. The second-order valence-electron chi connectivity index (χ2n) is 4.78. The van der Waals surface area contributed by atoms with Crippen molar-refractivity contribution in [2.24, 2.45) is 5.92 Å². The fourth-order valence-corrected chi connectivity index (χ4v) is 1.96. The lowest BCUT2D eigenvalue weighted by molar-refractivity contribution is -0.142. The second-order valence-corrected chi connectivity index (χ2v) is 4.78. The molecule has 1 heterocycles. The van der Waals surface area contributed by atoms with Gasteiger partial charge in [-0.05, 0) is 33.5 Å². The van der Waals surface area contributed by atoms with E-state index in [-0.39, 0.29) is 5.91 Å². The molecule has 0 radical (unpaired) electrons. The minimum absolute atomic E-state index is 0.357. The molecule has 1 unspecified atom stereocenters. The zero-order valence-corrected chi connectivity index (χ0v) is 11.2. The van der Waals surface area contributed by atoms with Crippen LogP contribution in [0.2, 0.25) is 0 Å². The molecule has 0 saturated carbocycles. The molecule has 1 fully saturated rings. The molecular formula is C12H21N3O3. The molecule has 0 aromatic carbocycles. The Labute approximate surface area is 107 Å². The Morgan fingerprint density at radius 2 is 1.94 bits per heavy atom. The van der Waals surface area contributed by atoms with Crippen molar-refractivity contribution in [2.45, 2.75) is 26.2 Å². The SMILES string of the molecule is CCCC1C(=O)NC(=O)N(CCCN(C)C)C1=O. The predicted octanol–water partition coefficient (Wildman–Crippen LogP) is 0.433. The summed E-state index contributed by atoms with van der Waals surface area (Å²) in [6.45, 7) is 3.06. The van der Waals surface area contributed by atoms with Gasteiger partial charge in [0.25, 0.3) is 0 Å². The molecule has 18 heavy (non-hydrogen) atoms. The van der Waals surface area contributed by atoms with Gasteiger partial charge in [-0.3, -0.25) is 19.8 Å². The molecule has 0 aromatic rings. The molecule has 6 heteroatoms. The number of carbonyl (C=O) groups is 3. The van der Waals surface area contributed by atoms with Gasteiger partial charge < -0.3 is 4.90 Å². The zero-order chi connectivity index (χ0) is 13.7. The van der Waals surface area contributed by atoms with Gasteiger partial charge in [0.15, 0.2) is 0 Å². The number of nitrogens with zero attached hydrogens (tertiary/aromatic N) is 2. The molecule has 1 aliphatic heterocycles. The largest absolute Gasteiger partial charge is 0.330 e. The van der Waals surface area contributed by atoms with Crippen LogP contribution in [0.15, 0.2) is 0 Å². The lowest BCUT2D eigenvalue weighted by atomic mass is 9.99. The summed E-state index contributed by atoms with van der Waals surface area (Å²) in [5.74, 6) is -1.52. The maximum absolute atomic E-state index is 12.0. The fraction of sp³-hybridized carbons (Fsp3) is 0.750.